The van der Waals surface area contributed by atoms with Crippen LogP contribution in [-0.2, 0) is 9.59 Å². The van der Waals surface area contributed by atoms with Gasteiger partial charge < -0.3 is 10.5 Å². The Morgan fingerprint density at radius 3 is 2.70 bits per heavy atom. The van der Waals surface area contributed by atoms with Gasteiger partial charge in [-0.1, -0.05) is 6.07 Å². The molecule has 1 unspecified atom stereocenters. The highest BCUT2D eigenvalue weighted by molar-refractivity contribution is 6.24. The predicted octanol–water partition coefficient (Wildman–Crippen LogP) is -0.575. The van der Waals surface area contributed by atoms with Gasteiger partial charge in [-0.3, -0.25) is 29.4 Å². The van der Waals surface area contributed by atoms with Crippen LogP contribution in [0.15, 0.2) is 18.2 Å². The summed E-state index contributed by atoms with van der Waals surface area (Å²) in [5.41, 5.74) is 5.71. The third-order valence-corrected chi connectivity index (χ3v) is 3.81. The lowest BCUT2D eigenvalue weighted by Crippen LogP contribution is -2.54. The largest absolute Gasteiger partial charge is 0.491 e. The van der Waals surface area contributed by atoms with Crippen molar-refractivity contribution in [1.82, 2.24) is 10.2 Å². The summed E-state index contributed by atoms with van der Waals surface area (Å²) < 4.78 is 5.42. The van der Waals surface area contributed by atoms with Crippen LogP contribution in [0.2, 0.25) is 0 Å². The van der Waals surface area contributed by atoms with Crippen molar-refractivity contribution in [3.8, 4) is 5.75 Å². The molecule has 23 heavy (non-hydrogen) atoms. The summed E-state index contributed by atoms with van der Waals surface area (Å²) in [4.78, 5) is 49.3. The van der Waals surface area contributed by atoms with Crippen LogP contribution in [0.5, 0.6) is 5.75 Å². The SMILES string of the molecule is NCCOc1cccc2c1C(=O)N(C1CCC(=O)NC1=O)C2=O. The molecule has 0 bridgehead atoms. The highest BCUT2D eigenvalue weighted by atomic mass is 16.5. The number of imide groups is 2. The summed E-state index contributed by atoms with van der Waals surface area (Å²) in [6.07, 6.45) is 0.204. The highest BCUT2D eigenvalue weighted by Gasteiger charge is 2.45. The number of nitrogens with zero attached hydrogens (tertiary/aromatic N) is 1. The molecule has 120 valence electrons. The van der Waals surface area contributed by atoms with Crippen LogP contribution >= 0.6 is 0 Å². The van der Waals surface area contributed by atoms with E-state index in [1.54, 1.807) is 12.1 Å². The number of fused-ring (bicyclic) bond motifs is 1. The van der Waals surface area contributed by atoms with Crippen LogP contribution in [0.3, 0.4) is 0 Å². The first kappa shape index (κ1) is 15.2. The number of piperidine rings is 1. The third kappa shape index (κ3) is 2.46. The van der Waals surface area contributed by atoms with Gasteiger partial charge in [-0.2, -0.15) is 0 Å². The zero-order valence-corrected chi connectivity index (χ0v) is 12.2. The molecule has 1 saturated heterocycles. The van der Waals surface area contributed by atoms with Crippen molar-refractivity contribution in [3.05, 3.63) is 29.3 Å². The molecule has 1 fully saturated rings. The average molecular weight is 317 g/mol. The Bertz CT molecular complexity index is 715. The molecule has 2 heterocycles. The van der Waals surface area contributed by atoms with E-state index in [-0.39, 0.29) is 42.9 Å². The molecule has 1 aromatic carbocycles. The van der Waals surface area contributed by atoms with Gasteiger partial charge in [0.2, 0.25) is 11.8 Å². The van der Waals surface area contributed by atoms with Crippen molar-refractivity contribution in [1.29, 1.82) is 0 Å². The summed E-state index contributed by atoms with van der Waals surface area (Å²) in [6.45, 7) is 0.471. The molecule has 0 saturated carbocycles. The lowest BCUT2D eigenvalue weighted by Gasteiger charge is -2.27. The van der Waals surface area contributed by atoms with Crippen molar-refractivity contribution >= 4 is 23.6 Å². The topological polar surface area (TPSA) is 119 Å². The second-order valence-electron chi connectivity index (χ2n) is 5.26. The summed E-state index contributed by atoms with van der Waals surface area (Å²) in [6, 6.07) is 3.70. The Morgan fingerprint density at radius 2 is 2.00 bits per heavy atom. The number of ether oxygens (including phenoxy) is 1. The van der Waals surface area contributed by atoms with E-state index in [1.165, 1.54) is 6.07 Å². The van der Waals surface area contributed by atoms with E-state index in [0.717, 1.165) is 4.90 Å². The second-order valence-corrected chi connectivity index (χ2v) is 5.26. The number of nitrogens with two attached hydrogens (primary N) is 1. The monoisotopic (exact) mass is 317 g/mol. The van der Waals surface area contributed by atoms with Gasteiger partial charge in [0.1, 0.15) is 18.4 Å². The van der Waals surface area contributed by atoms with E-state index in [4.69, 9.17) is 10.5 Å². The zero-order valence-electron chi connectivity index (χ0n) is 12.2. The fourth-order valence-electron chi connectivity index (χ4n) is 2.77. The van der Waals surface area contributed by atoms with E-state index in [1.807, 2.05) is 0 Å². The van der Waals surface area contributed by atoms with Gasteiger partial charge in [-0.15, -0.1) is 0 Å². The van der Waals surface area contributed by atoms with Crippen LogP contribution in [-0.4, -0.2) is 47.7 Å². The van der Waals surface area contributed by atoms with E-state index in [9.17, 15) is 19.2 Å². The Morgan fingerprint density at radius 1 is 1.22 bits per heavy atom. The lowest BCUT2D eigenvalue weighted by atomic mass is 10.0. The van der Waals surface area contributed by atoms with Crippen molar-refractivity contribution in [2.45, 2.75) is 18.9 Å². The Hall–Kier alpha value is -2.74. The molecule has 1 aromatic rings. The van der Waals surface area contributed by atoms with Crippen molar-refractivity contribution in [2.24, 2.45) is 5.73 Å². The van der Waals surface area contributed by atoms with Crippen LogP contribution in [0.1, 0.15) is 33.6 Å². The number of carbonyl (C=O) groups excluding carboxylic acids is 4. The summed E-state index contributed by atoms with van der Waals surface area (Å²) in [7, 11) is 0. The second kappa shape index (κ2) is 5.81. The molecule has 3 N–H and O–H groups in total. The van der Waals surface area contributed by atoms with Crippen LogP contribution in [0.4, 0.5) is 0 Å². The van der Waals surface area contributed by atoms with Crippen molar-refractivity contribution < 1.29 is 23.9 Å². The molecule has 3 rings (SSSR count). The first-order valence-corrected chi connectivity index (χ1v) is 7.22. The van der Waals surface area contributed by atoms with E-state index < -0.39 is 29.7 Å². The van der Waals surface area contributed by atoms with Gasteiger partial charge >= 0.3 is 0 Å². The number of hydrogen-bond donors (Lipinski definition) is 2. The smallest absolute Gasteiger partial charge is 0.266 e. The Balaban J connectivity index is 1.94. The standard InChI is InChI=1S/C15H15N3O5/c16-6-7-23-10-3-1-2-8-12(10)15(22)18(14(8)21)9-4-5-11(19)17-13(9)20/h1-3,9H,4-7,16H2,(H,17,19,20). The maximum atomic E-state index is 12.6. The molecule has 8 heteroatoms. The molecule has 0 aromatic heterocycles. The first-order valence-electron chi connectivity index (χ1n) is 7.22. The maximum absolute atomic E-state index is 12.6. The van der Waals surface area contributed by atoms with Gasteiger partial charge in [0.15, 0.2) is 0 Å². The minimum absolute atomic E-state index is 0.0837. The molecule has 4 amide bonds. The number of nitrogens with one attached hydrogen (secondary N) is 1. The molecule has 1 atom stereocenters. The number of hydrogen-bond acceptors (Lipinski definition) is 6. The molecule has 0 radical (unpaired) electrons. The zero-order chi connectivity index (χ0) is 16.6. The minimum Gasteiger partial charge on any atom is -0.491 e. The quantitative estimate of drug-likeness (QED) is 0.718. The normalized spacial score (nSPS) is 20.6. The van der Waals surface area contributed by atoms with Crippen LogP contribution < -0.4 is 15.8 Å². The summed E-state index contributed by atoms with van der Waals surface area (Å²) >= 11 is 0. The van der Waals surface area contributed by atoms with Gasteiger partial charge in [0, 0.05) is 13.0 Å². The van der Waals surface area contributed by atoms with E-state index in [2.05, 4.69) is 5.32 Å². The number of rotatable bonds is 4. The average Bonchev–Trinajstić information content (AvgIpc) is 2.78. The fraction of sp³-hybridized carbons (Fsp3) is 0.333. The Kier molecular flexibility index (Phi) is 3.83. The van der Waals surface area contributed by atoms with Crippen LogP contribution in [0, 0.1) is 0 Å². The summed E-state index contributed by atoms with van der Waals surface area (Å²) in [5, 5.41) is 2.15. The molecular formula is C15H15N3O5. The predicted molar refractivity (Wildman–Crippen MR) is 77.7 cm³/mol. The van der Waals surface area contributed by atoms with Gasteiger partial charge in [0.05, 0.1) is 11.1 Å². The van der Waals surface area contributed by atoms with E-state index >= 15 is 0 Å². The molecule has 2 aliphatic rings. The first-order chi connectivity index (χ1) is 11.0. The van der Waals surface area contributed by atoms with Crippen molar-refractivity contribution in [3.63, 3.8) is 0 Å². The van der Waals surface area contributed by atoms with Crippen LogP contribution in [0.25, 0.3) is 0 Å². The van der Waals surface area contributed by atoms with Crippen molar-refractivity contribution in [2.75, 3.05) is 13.2 Å². The Labute approximate surface area is 131 Å². The lowest BCUT2D eigenvalue weighted by molar-refractivity contribution is -0.136. The molecule has 2 aliphatic heterocycles. The van der Waals surface area contributed by atoms with E-state index in [0.29, 0.717) is 0 Å². The van der Waals surface area contributed by atoms with Gasteiger partial charge in [-0.25, -0.2) is 0 Å². The maximum Gasteiger partial charge on any atom is 0.266 e. The molecular weight excluding hydrogens is 302 g/mol. The molecule has 0 spiro atoms. The number of amides is 4. The summed E-state index contributed by atoms with van der Waals surface area (Å²) in [5.74, 6) is -1.93. The minimum atomic E-state index is -0.984. The number of carbonyl (C=O) groups is 4. The highest BCUT2D eigenvalue weighted by Crippen LogP contribution is 2.33. The fourth-order valence-corrected chi connectivity index (χ4v) is 2.77. The molecule has 0 aliphatic carbocycles. The van der Waals surface area contributed by atoms with Gasteiger partial charge in [0.25, 0.3) is 11.8 Å². The third-order valence-electron chi connectivity index (χ3n) is 3.81. The number of benzene rings is 1. The molecule has 8 nitrogen and oxygen atoms in total. The van der Waals surface area contributed by atoms with Gasteiger partial charge in [-0.05, 0) is 18.6 Å².